The predicted octanol–water partition coefficient (Wildman–Crippen LogP) is 3.32. The highest BCUT2D eigenvalue weighted by Gasteiger charge is 2.19. The molecule has 3 heteroatoms. The zero-order valence-electron chi connectivity index (χ0n) is 10.4. The molecule has 0 saturated carbocycles. The van der Waals surface area contributed by atoms with Gasteiger partial charge in [0.25, 0.3) is 0 Å². The Bertz CT molecular complexity index is 305. The van der Waals surface area contributed by atoms with Gasteiger partial charge in [0, 0.05) is 4.88 Å². The summed E-state index contributed by atoms with van der Waals surface area (Å²) >= 11 is 1.84. The lowest BCUT2D eigenvalue weighted by Crippen LogP contribution is -2.25. The Balaban J connectivity index is 2.90. The lowest BCUT2D eigenvalue weighted by atomic mass is 10.1. The lowest BCUT2D eigenvalue weighted by molar-refractivity contribution is 0.419. The van der Waals surface area contributed by atoms with Crippen molar-refractivity contribution in [3.05, 3.63) is 15.6 Å². The summed E-state index contributed by atoms with van der Waals surface area (Å²) in [7, 11) is 0. The first-order valence-corrected chi connectivity index (χ1v) is 6.61. The summed E-state index contributed by atoms with van der Waals surface area (Å²) in [5.74, 6) is 0.597. The molecule has 0 spiro atoms. The van der Waals surface area contributed by atoms with E-state index in [0.29, 0.717) is 12.0 Å². The summed E-state index contributed by atoms with van der Waals surface area (Å²) in [6.45, 7) is 12.0. The maximum absolute atomic E-state index is 4.72. The molecule has 0 fully saturated rings. The standard InChI is InChI=1S/C12H22N2S/c1-6-10-9(5)15-12(14-10)11(8(3)4)13-7-2/h8,11,13H,6-7H2,1-5H3. The molecule has 0 aliphatic rings. The fourth-order valence-electron chi connectivity index (χ4n) is 1.74. The summed E-state index contributed by atoms with van der Waals surface area (Å²) in [6.07, 6.45) is 1.04. The van der Waals surface area contributed by atoms with Crippen molar-refractivity contribution >= 4 is 11.3 Å². The second-order valence-corrected chi connectivity index (χ2v) is 5.42. The monoisotopic (exact) mass is 226 g/mol. The van der Waals surface area contributed by atoms with Gasteiger partial charge in [0.15, 0.2) is 0 Å². The SMILES string of the molecule is CCNC(c1nc(CC)c(C)s1)C(C)C. The van der Waals surface area contributed by atoms with Crippen molar-refractivity contribution in [2.45, 2.75) is 47.1 Å². The molecule has 1 unspecified atom stereocenters. The Morgan fingerprint density at radius 2 is 2.00 bits per heavy atom. The molecule has 0 aliphatic carbocycles. The predicted molar refractivity (Wildman–Crippen MR) is 67.5 cm³/mol. The number of hydrogen-bond acceptors (Lipinski definition) is 3. The summed E-state index contributed by atoms with van der Waals surface area (Å²) in [6, 6.07) is 0.416. The van der Waals surface area contributed by atoms with E-state index in [2.05, 4.69) is 39.9 Å². The molecule has 1 atom stereocenters. The average Bonchev–Trinajstić information content (AvgIpc) is 2.55. The summed E-state index contributed by atoms with van der Waals surface area (Å²) in [5.41, 5.74) is 1.26. The van der Waals surface area contributed by atoms with Gasteiger partial charge in [0.05, 0.1) is 11.7 Å². The molecular formula is C12H22N2S. The summed E-state index contributed by atoms with van der Waals surface area (Å²) in [5, 5.41) is 4.76. The number of aromatic nitrogens is 1. The number of thiazole rings is 1. The second kappa shape index (κ2) is 5.61. The van der Waals surface area contributed by atoms with E-state index < -0.39 is 0 Å². The smallest absolute Gasteiger partial charge is 0.110 e. The van der Waals surface area contributed by atoms with Crippen LogP contribution < -0.4 is 5.32 Å². The van der Waals surface area contributed by atoms with Crippen molar-refractivity contribution < 1.29 is 0 Å². The third-order valence-corrected chi connectivity index (χ3v) is 3.70. The van der Waals surface area contributed by atoms with Crippen LogP contribution in [-0.4, -0.2) is 11.5 Å². The van der Waals surface area contributed by atoms with Gasteiger partial charge in [-0.15, -0.1) is 11.3 Å². The van der Waals surface area contributed by atoms with Gasteiger partial charge in [-0.2, -0.15) is 0 Å². The Hall–Kier alpha value is -0.410. The zero-order valence-corrected chi connectivity index (χ0v) is 11.2. The van der Waals surface area contributed by atoms with Crippen LogP contribution in [0.1, 0.15) is 49.3 Å². The molecule has 1 N–H and O–H groups in total. The van der Waals surface area contributed by atoms with Gasteiger partial charge < -0.3 is 5.32 Å². The largest absolute Gasteiger partial charge is 0.308 e. The first-order chi connectivity index (χ1) is 7.10. The molecule has 1 aromatic heterocycles. The van der Waals surface area contributed by atoms with Crippen molar-refractivity contribution in [1.82, 2.24) is 10.3 Å². The van der Waals surface area contributed by atoms with Gasteiger partial charge in [-0.1, -0.05) is 27.7 Å². The quantitative estimate of drug-likeness (QED) is 0.833. The van der Waals surface area contributed by atoms with Crippen molar-refractivity contribution in [2.24, 2.45) is 5.92 Å². The van der Waals surface area contributed by atoms with Crippen LogP contribution in [0, 0.1) is 12.8 Å². The topological polar surface area (TPSA) is 24.9 Å². The highest BCUT2D eigenvalue weighted by atomic mass is 32.1. The average molecular weight is 226 g/mol. The van der Waals surface area contributed by atoms with Crippen LogP contribution in [0.3, 0.4) is 0 Å². The number of nitrogens with one attached hydrogen (secondary N) is 1. The van der Waals surface area contributed by atoms with E-state index in [9.17, 15) is 0 Å². The minimum atomic E-state index is 0.416. The molecule has 0 aliphatic heterocycles. The molecule has 15 heavy (non-hydrogen) atoms. The highest BCUT2D eigenvalue weighted by Crippen LogP contribution is 2.28. The molecule has 2 nitrogen and oxygen atoms in total. The van der Waals surface area contributed by atoms with Crippen molar-refractivity contribution in [3.63, 3.8) is 0 Å². The van der Waals surface area contributed by atoms with E-state index in [-0.39, 0.29) is 0 Å². The second-order valence-electron chi connectivity index (χ2n) is 4.19. The van der Waals surface area contributed by atoms with Crippen molar-refractivity contribution in [1.29, 1.82) is 0 Å². The normalized spacial score (nSPS) is 13.5. The lowest BCUT2D eigenvalue weighted by Gasteiger charge is -2.18. The molecule has 0 bridgehead atoms. The van der Waals surface area contributed by atoms with Crippen LogP contribution in [0.2, 0.25) is 0 Å². The number of nitrogens with zero attached hydrogens (tertiary/aromatic N) is 1. The summed E-state index contributed by atoms with van der Waals surface area (Å²) < 4.78 is 0. The first kappa shape index (κ1) is 12.7. The third-order valence-electron chi connectivity index (χ3n) is 2.60. The maximum atomic E-state index is 4.72. The fraction of sp³-hybridized carbons (Fsp3) is 0.750. The van der Waals surface area contributed by atoms with Gasteiger partial charge in [-0.25, -0.2) is 4.98 Å². The Kier molecular flexibility index (Phi) is 4.74. The zero-order chi connectivity index (χ0) is 11.4. The Morgan fingerprint density at radius 1 is 1.33 bits per heavy atom. The van der Waals surface area contributed by atoms with Gasteiger partial charge >= 0.3 is 0 Å². The van der Waals surface area contributed by atoms with Gasteiger partial charge in [0.1, 0.15) is 5.01 Å². The highest BCUT2D eigenvalue weighted by molar-refractivity contribution is 7.11. The molecule has 0 saturated heterocycles. The van der Waals surface area contributed by atoms with Crippen molar-refractivity contribution in [2.75, 3.05) is 6.54 Å². The minimum Gasteiger partial charge on any atom is -0.308 e. The molecule has 1 rings (SSSR count). The van der Waals surface area contributed by atoms with Crippen LogP contribution in [0.15, 0.2) is 0 Å². The Morgan fingerprint density at radius 3 is 2.40 bits per heavy atom. The molecule has 86 valence electrons. The summed E-state index contributed by atoms with van der Waals surface area (Å²) in [4.78, 5) is 6.10. The van der Waals surface area contributed by atoms with Crippen LogP contribution in [0.4, 0.5) is 0 Å². The van der Waals surface area contributed by atoms with Crippen LogP contribution >= 0.6 is 11.3 Å². The van der Waals surface area contributed by atoms with Gasteiger partial charge in [0.2, 0.25) is 0 Å². The molecular weight excluding hydrogens is 204 g/mol. The maximum Gasteiger partial charge on any atom is 0.110 e. The minimum absolute atomic E-state index is 0.416. The van der Waals surface area contributed by atoms with Crippen LogP contribution in [-0.2, 0) is 6.42 Å². The third kappa shape index (κ3) is 3.02. The number of aryl methyl sites for hydroxylation is 2. The molecule has 0 amide bonds. The van der Waals surface area contributed by atoms with E-state index in [4.69, 9.17) is 4.98 Å². The van der Waals surface area contributed by atoms with E-state index >= 15 is 0 Å². The van der Waals surface area contributed by atoms with Gasteiger partial charge in [-0.05, 0) is 25.8 Å². The fourth-order valence-corrected chi connectivity index (χ4v) is 3.00. The molecule has 1 heterocycles. The van der Waals surface area contributed by atoms with E-state index in [1.54, 1.807) is 0 Å². The Labute approximate surface area is 97.1 Å². The van der Waals surface area contributed by atoms with E-state index in [0.717, 1.165) is 13.0 Å². The number of hydrogen-bond donors (Lipinski definition) is 1. The van der Waals surface area contributed by atoms with Crippen molar-refractivity contribution in [3.8, 4) is 0 Å². The first-order valence-electron chi connectivity index (χ1n) is 5.79. The van der Waals surface area contributed by atoms with E-state index in [1.807, 2.05) is 11.3 Å². The number of rotatable bonds is 5. The molecule has 0 radical (unpaired) electrons. The molecule has 0 aromatic carbocycles. The van der Waals surface area contributed by atoms with E-state index in [1.165, 1.54) is 15.6 Å². The van der Waals surface area contributed by atoms with Crippen LogP contribution in [0.25, 0.3) is 0 Å². The molecule has 1 aromatic rings. The van der Waals surface area contributed by atoms with Gasteiger partial charge in [-0.3, -0.25) is 0 Å². The van der Waals surface area contributed by atoms with Crippen LogP contribution in [0.5, 0.6) is 0 Å².